The summed E-state index contributed by atoms with van der Waals surface area (Å²) in [5.41, 5.74) is 0.626. The molecular formula is C12H18N4O3S2. The van der Waals surface area contributed by atoms with Gasteiger partial charge in [-0.25, -0.2) is 13.1 Å². The highest BCUT2D eigenvalue weighted by atomic mass is 32.2. The number of amides is 1. The van der Waals surface area contributed by atoms with Crippen LogP contribution in [0.4, 0.5) is 0 Å². The zero-order chi connectivity index (χ0) is 15.1. The smallest absolute Gasteiger partial charge is 0.275 e. The van der Waals surface area contributed by atoms with Crippen molar-refractivity contribution in [2.45, 2.75) is 31.7 Å². The average Bonchev–Trinajstić information content (AvgIpc) is 2.89. The van der Waals surface area contributed by atoms with Crippen LogP contribution in [0.2, 0.25) is 0 Å². The SMILES string of the molecule is CS(=O)(=O)NC1CC2(CCN(C(=O)c3csnn3)CC2)C1. The fraction of sp³-hybridized carbons (Fsp3) is 0.750. The standard InChI is InChI=1S/C12H18N4O3S2/c1-21(18,19)14-9-6-12(7-9)2-4-16(5-3-12)11(17)10-8-20-15-13-10/h8-9,14H,2-7H2,1H3. The van der Waals surface area contributed by atoms with Crippen molar-refractivity contribution in [3.05, 3.63) is 11.1 Å². The van der Waals surface area contributed by atoms with Crippen molar-refractivity contribution < 1.29 is 13.2 Å². The third kappa shape index (κ3) is 3.24. The number of likely N-dealkylation sites (tertiary alicyclic amines) is 1. The van der Waals surface area contributed by atoms with E-state index in [-0.39, 0.29) is 17.4 Å². The molecule has 1 saturated carbocycles. The molecule has 1 amide bonds. The van der Waals surface area contributed by atoms with Gasteiger partial charge in [-0.3, -0.25) is 4.79 Å². The van der Waals surface area contributed by atoms with E-state index in [1.54, 1.807) is 5.38 Å². The molecule has 21 heavy (non-hydrogen) atoms. The Balaban J connectivity index is 1.52. The molecule has 1 aromatic heterocycles. The van der Waals surface area contributed by atoms with E-state index in [1.807, 2.05) is 4.90 Å². The van der Waals surface area contributed by atoms with Gasteiger partial charge in [0.2, 0.25) is 10.0 Å². The largest absolute Gasteiger partial charge is 0.337 e. The number of hydrogen-bond donors (Lipinski definition) is 1. The van der Waals surface area contributed by atoms with Crippen LogP contribution < -0.4 is 4.72 Å². The van der Waals surface area contributed by atoms with E-state index >= 15 is 0 Å². The van der Waals surface area contributed by atoms with Gasteiger partial charge in [-0.2, -0.15) is 0 Å². The number of nitrogens with one attached hydrogen (secondary N) is 1. The van der Waals surface area contributed by atoms with Gasteiger partial charge in [0.1, 0.15) is 0 Å². The summed E-state index contributed by atoms with van der Waals surface area (Å²) in [7, 11) is -3.12. The Morgan fingerprint density at radius 2 is 2.10 bits per heavy atom. The average molecular weight is 330 g/mol. The number of rotatable bonds is 3. The first-order valence-corrected chi connectivity index (χ1v) is 9.63. The second kappa shape index (κ2) is 5.29. The summed E-state index contributed by atoms with van der Waals surface area (Å²) in [5, 5.41) is 5.48. The Morgan fingerprint density at radius 1 is 1.43 bits per heavy atom. The van der Waals surface area contributed by atoms with Crippen molar-refractivity contribution >= 4 is 27.5 Å². The van der Waals surface area contributed by atoms with Gasteiger partial charge in [0, 0.05) is 24.5 Å². The lowest BCUT2D eigenvalue weighted by Crippen LogP contribution is -2.55. The van der Waals surface area contributed by atoms with Crippen LogP contribution in [-0.4, -0.2) is 54.2 Å². The van der Waals surface area contributed by atoms with Gasteiger partial charge in [-0.15, -0.1) is 5.10 Å². The number of carbonyl (C=O) groups is 1. The summed E-state index contributed by atoms with van der Waals surface area (Å²) < 4.78 is 28.8. The van der Waals surface area contributed by atoms with Crippen LogP contribution in [0.1, 0.15) is 36.2 Å². The first-order valence-electron chi connectivity index (χ1n) is 6.91. The summed E-state index contributed by atoms with van der Waals surface area (Å²) in [5.74, 6) is -0.0521. The van der Waals surface area contributed by atoms with E-state index < -0.39 is 10.0 Å². The molecule has 1 aliphatic carbocycles. The predicted octanol–water partition coefficient (Wildman–Crippen LogP) is 0.472. The van der Waals surface area contributed by atoms with Crippen molar-refractivity contribution in [3.63, 3.8) is 0 Å². The van der Waals surface area contributed by atoms with Crippen LogP contribution in [0.25, 0.3) is 0 Å². The highest BCUT2D eigenvalue weighted by Crippen LogP contribution is 2.49. The number of nitrogens with zero attached hydrogens (tertiary/aromatic N) is 3. The van der Waals surface area contributed by atoms with E-state index in [2.05, 4.69) is 14.3 Å². The highest BCUT2D eigenvalue weighted by Gasteiger charge is 2.47. The van der Waals surface area contributed by atoms with Gasteiger partial charge in [0.15, 0.2) is 5.69 Å². The molecular weight excluding hydrogens is 312 g/mol. The molecule has 9 heteroatoms. The van der Waals surface area contributed by atoms with Crippen LogP contribution in [0.3, 0.4) is 0 Å². The van der Waals surface area contributed by atoms with Crippen molar-refractivity contribution in [1.29, 1.82) is 0 Å². The van der Waals surface area contributed by atoms with Crippen molar-refractivity contribution in [1.82, 2.24) is 19.2 Å². The van der Waals surface area contributed by atoms with Crippen molar-refractivity contribution in [3.8, 4) is 0 Å². The fourth-order valence-corrected chi connectivity index (χ4v) is 4.59. The van der Waals surface area contributed by atoms with Crippen molar-refractivity contribution in [2.75, 3.05) is 19.3 Å². The lowest BCUT2D eigenvalue weighted by molar-refractivity contribution is 0.0135. The quantitative estimate of drug-likeness (QED) is 0.870. The zero-order valence-electron chi connectivity index (χ0n) is 11.8. The van der Waals surface area contributed by atoms with E-state index in [4.69, 9.17) is 0 Å². The molecule has 3 rings (SSSR count). The summed E-state index contributed by atoms with van der Waals surface area (Å²) in [6.07, 6.45) is 4.80. The molecule has 2 heterocycles. The number of carbonyl (C=O) groups excluding carboxylic acids is 1. The molecule has 1 saturated heterocycles. The fourth-order valence-electron chi connectivity index (χ4n) is 3.38. The van der Waals surface area contributed by atoms with Gasteiger partial charge >= 0.3 is 0 Å². The summed E-state index contributed by atoms with van der Waals surface area (Å²) in [6.45, 7) is 1.42. The molecule has 0 radical (unpaired) electrons. The molecule has 1 aliphatic heterocycles. The van der Waals surface area contributed by atoms with Crippen LogP contribution in [-0.2, 0) is 10.0 Å². The van der Waals surface area contributed by atoms with E-state index in [0.29, 0.717) is 18.8 Å². The minimum absolute atomic E-state index is 0.0521. The van der Waals surface area contributed by atoms with Crippen LogP contribution >= 0.6 is 11.5 Å². The number of aromatic nitrogens is 2. The lowest BCUT2D eigenvalue weighted by Gasteiger charge is -2.52. The van der Waals surface area contributed by atoms with Crippen LogP contribution in [0.5, 0.6) is 0 Å². The Kier molecular flexibility index (Phi) is 3.74. The molecule has 2 fully saturated rings. The zero-order valence-corrected chi connectivity index (χ0v) is 13.4. The molecule has 116 valence electrons. The van der Waals surface area contributed by atoms with Gasteiger partial charge in [-0.05, 0) is 42.6 Å². The minimum Gasteiger partial charge on any atom is -0.337 e. The Hall–Kier alpha value is -1.06. The maximum atomic E-state index is 12.2. The molecule has 2 aliphatic rings. The normalized spacial score (nSPS) is 22.2. The second-order valence-electron chi connectivity index (χ2n) is 6.08. The Bertz CT molecular complexity index is 613. The monoisotopic (exact) mass is 330 g/mol. The van der Waals surface area contributed by atoms with E-state index in [1.165, 1.54) is 17.8 Å². The third-order valence-electron chi connectivity index (χ3n) is 4.43. The van der Waals surface area contributed by atoms with Crippen LogP contribution in [0, 0.1) is 5.41 Å². The van der Waals surface area contributed by atoms with Gasteiger partial charge in [-0.1, -0.05) is 4.49 Å². The van der Waals surface area contributed by atoms with Gasteiger partial charge in [0.05, 0.1) is 6.26 Å². The molecule has 7 nitrogen and oxygen atoms in total. The summed E-state index contributed by atoms with van der Waals surface area (Å²) in [6, 6.07) is 0.0602. The highest BCUT2D eigenvalue weighted by molar-refractivity contribution is 7.88. The van der Waals surface area contributed by atoms with Gasteiger partial charge < -0.3 is 4.90 Å². The number of hydrogen-bond acceptors (Lipinski definition) is 6. The Morgan fingerprint density at radius 3 is 2.62 bits per heavy atom. The summed E-state index contributed by atoms with van der Waals surface area (Å²) in [4.78, 5) is 14.0. The maximum absolute atomic E-state index is 12.2. The molecule has 0 unspecified atom stereocenters. The second-order valence-corrected chi connectivity index (χ2v) is 8.47. The first kappa shape index (κ1) is 14.9. The van der Waals surface area contributed by atoms with Crippen LogP contribution in [0.15, 0.2) is 5.38 Å². The molecule has 1 N–H and O–H groups in total. The number of sulfonamides is 1. The molecule has 1 aromatic rings. The maximum Gasteiger partial charge on any atom is 0.275 e. The third-order valence-corrected chi connectivity index (χ3v) is 5.70. The van der Waals surface area contributed by atoms with Gasteiger partial charge in [0.25, 0.3) is 5.91 Å². The molecule has 1 spiro atoms. The Labute approximate surface area is 127 Å². The molecule has 0 atom stereocenters. The van der Waals surface area contributed by atoms with E-state index in [0.717, 1.165) is 25.7 Å². The van der Waals surface area contributed by atoms with Crippen molar-refractivity contribution in [2.24, 2.45) is 5.41 Å². The topological polar surface area (TPSA) is 92.3 Å². The molecule has 0 bridgehead atoms. The molecule has 0 aromatic carbocycles. The summed E-state index contributed by atoms with van der Waals surface area (Å²) >= 11 is 1.18. The lowest BCUT2D eigenvalue weighted by atomic mass is 9.60. The van der Waals surface area contributed by atoms with E-state index in [9.17, 15) is 13.2 Å². The number of piperidine rings is 1. The first-order chi connectivity index (χ1) is 9.87. The minimum atomic E-state index is -3.12. The predicted molar refractivity (Wildman–Crippen MR) is 78.5 cm³/mol.